The number of nitrogens with zero attached hydrogens (tertiary/aromatic N) is 4. The van der Waals surface area contributed by atoms with Crippen molar-refractivity contribution in [3.05, 3.63) is 94.3 Å². The highest BCUT2D eigenvalue weighted by Gasteiger charge is 2.36. The largest absolute Gasteiger partial charge is 0.318 e. The molecule has 0 radical (unpaired) electrons. The zero-order valence-corrected chi connectivity index (χ0v) is 20.4. The number of aliphatic imine (C=N–C) groups is 1. The quantitative estimate of drug-likeness (QED) is 0.487. The molecular weight excluding hydrogens is 442 g/mol. The van der Waals surface area contributed by atoms with E-state index in [0.29, 0.717) is 11.1 Å². The smallest absolute Gasteiger partial charge is 0.283 e. The lowest BCUT2D eigenvalue weighted by molar-refractivity contribution is -0.114. The van der Waals surface area contributed by atoms with E-state index in [1.54, 1.807) is 6.08 Å². The number of hydrogen-bond acceptors (Lipinski definition) is 4. The molecule has 5 rings (SSSR count). The third-order valence-electron chi connectivity index (χ3n) is 6.06. The van der Waals surface area contributed by atoms with Crippen molar-refractivity contribution in [3.8, 4) is 5.69 Å². The molecule has 2 aliphatic heterocycles. The maximum absolute atomic E-state index is 12.9. The van der Waals surface area contributed by atoms with E-state index in [0.717, 1.165) is 33.2 Å². The number of carbonyl (C=O) groups is 1. The van der Waals surface area contributed by atoms with Gasteiger partial charge in [-0.1, -0.05) is 56.3 Å². The molecule has 1 aromatic heterocycles. The van der Waals surface area contributed by atoms with Crippen LogP contribution in [-0.4, -0.2) is 31.5 Å². The number of hydrazone groups is 1. The first-order valence-electron chi connectivity index (χ1n) is 11.2. The standard InChI is InChI=1S/C27H25N5OS/c1-16(2)19-10-12-22(13-11-19)31-17(3)14-21(18(31)4)15-23-24(28)32-27(29-25(23)33)34-26(30-32)20-8-6-5-7-9-20/h5-16,28H,1-4H3/b23-15-,28-24?. The summed E-state index contributed by atoms with van der Waals surface area (Å²) in [4.78, 5) is 17.1. The van der Waals surface area contributed by atoms with Gasteiger partial charge in [0.25, 0.3) is 5.91 Å². The van der Waals surface area contributed by atoms with Gasteiger partial charge in [-0.15, -0.1) is 0 Å². The van der Waals surface area contributed by atoms with Crippen molar-refractivity contribution < 1.29 is 4.79 Å². The van der Waals surface area contributed by atoms with Crippen LogP contribution in [0.2, 0.25) is 0 Å². The number of carbonyl (C=O) groups excluding carboxylic acids is 1. The van der Waals surface area contributed by atoms with Crippen LogP contribution >= 0.6 is 11.8 Å². The molecule has 0 unspecified atom stereocenters. The SMILES string of the molecule is Cc1cc(/C=C2/C(=N)N3N=C(c4ccccc4)SC3=NC2=O)c(C)n1-c1ccc(C(C)C)cc1. The van der Waals surface area contributed by atoms with Crippen LogP contribution in [0.3, 0.4) is 0 Å². The normalized spacial score (nSPS) is 16.9. The second-order valence-electron chi connectivity index (χ2n) is 8.70. The molecule has 2 aromatic carbocycles. The highest BCUT2D eigenvalue weighted by Crippen LogP contribution is 2.32. The number of amidine groups is 2. The Kier molecular flexibility index (Phi) is 5.57. The molecule has 0 saturated carbocycles. The first-order chi connectivity index (χ1) is 16.3. The van der Waals surface area contributed by atoms with Crippen molar-refractivity contribution in [3.63, 3.8) is 0 Å². The molecule has 34 heavy (non-hydrogen) atoms. The van der Waals surface area contributed by atoms with Crippen LogP contribution < -0.4 is 0 Å². The van der Waals surface area contributed by atoms with Crippen LogP contribution in [-0.2, 0) is 4.79 Å². The van der Waals surface area contributed by atoms with Crippen LogP contribution in [0, 0.1) is 19.3 Å². The van der Waals surface area contributed by atoms with Crippen LogP contribution in [0.1, 0.15) is 47.8 Å². The maximum atomic E-state index is 12.9. The molecule has 0 fully saturated rings. The summed E-state index contributed by atoms with van der Waals surface area (Å²) >= 11 is 1.31. The summed E-state index contributed by atoms with van der Waals surface area (Å²) in [5.41, 5.74) is 6.48. The lowest BCUT2D eigenvalue weighted by Gasteiger charge is -2.20. The van der Waals surface area contributed by atoms with E-state index in [4.69, 9.17) is 5.41 Å². The molecule has 7 heteroatoms. The summed E-state index contributed by atoms with van der Waals surface area (Å²) in [5.74, 6) is 0.0997. The van der Waals surface area contributed by atoms with Crippen molar-refractivity contribution in [2.24, 2.45) is 10.1 Å². The van der Waals surface area contributed by atoms with Gasteiger partial charge < -0.3 is 4.57 Å². The second kappa shape index (κ2) is 8.57. The summed E-state index contributed by atoms with van der Waals surface area (Å²) in [6.07, 6.45) is 1.76. The molecule has 0 atom stereocenters. The second-order valence-corrected chi connectivity index (χ2v) is 9.66. The molecule has 3 heterocycles. The molecule has 0 aliphatic carbocycles. The van der Waals surface area contributed by atoms with Gasteiger partial charge in [-0.3, -0.25) is 10.2 Å². The molecule has 1 amide bonds. The molecule has 6 nitrogen and oxygen atoms in total. The molecule has 0 saturated heterocycles. The molecule has 1 N–H and O–H groups in total. The van der Waals surface area contributed by atoms with Crippen LogP contribution in [0.25, 0.3) is 11.8 Å². The average Bonchev–Trinajstić information content (AvgIpc) is 3.37. The van der Waals surface area contributed by atoms with Gasteiger partial charge in [0, 0.05) is 22.6 Å². The predicted molar refractivity (Wildman–Crippen MR) is 140 cm³/mol. The Balaban J connectivity index is 1.49. The first-order valence-corrected chi connectivity index (χ1v) is 12.0. The van der Waals surface area contributed by atoms with Crippen molar-refractivity contribution in [1.82, 2.24) is 9.58 Å². The van der Waals surface area contributed by atoms with Crippen molar-refractivity contribution >= 4 is 39.8 Å². The first kappa shape index (κ1) is 22.1. The highest BCUT2D eigenvalue weighted by molar-refractivity contribution is 8.27. The van der Waals surface area contributed by atoms with Gasteiger partial charge in [-0.05, 0) is 66.9 Å². The Hall–Kier alpha value is -3.71. The summed E-state index contributed by atoms with van der Waals surface area (Å²) in [6.45, 7) is 8.43. The Morgan fingerprint density at radius 2 is 1.74 bits per heavy atom. The Labute approximate surface area is 203 Å². The van der Waals surface area contributed by atoms with E-state index >= 15 is 0 Å². The Bertz CT molecular complexity index is 1390. The van der Waals surface area contributed by atoms with Gasteiger partial charge >= 0.3 is 0 Å². The monoisotopic (exact) mass is 467 g/mol. The average molecular weight is 468 g/mol. The molecule has 2 aliphatic rings. The van der Waals surface area contributed by atoms with E-state index in [-0.39, 0.29) is 11.4 Å². The lowest BCUT2D eigenvalue weighted by atomic mass is 10.0. The number of benzene rings is 2. The molecule has 0 bridgehead atoms. The minimum atomic E-state index is -0.417. The van der Waals surface area contributed by atoms with Gasteiger partial charge in [-0.2, -0.15) is 15.1 Å². The minimum Gasteiger partial charge on any atom is -0.318 e. The van der Waals surface area contributed by atoms with E-state index in [1.807, 2.05) is 50.2 Å². The summed E-state index contributed by atoms with van der Waals surface area (Å²) in [5, 5.41) is 15.8. The number of fused-ring (bicyclic) bond motifs is 1. The van der Waals surface area contributed by atoms with Crippen molar-refractivity contribution in [2.45, 2.75) is 33.6 Å². The number of nitrogens with one attached hydrogen (secondary N) is 1. The Morgan fingerprint density at radius 1 is 1.03 bits per heavy atom. The van der Waals surface area contributed by atoms with Gasteiger partial charge in [0.05, 0.1) is 5.57 Å². The maximum Gasteiger partial charge on any atom is 0.283 e. The fraction of sp³-hybridized carbons (Fsp3) is 0.185. The van der Waals surface area contributed by atoms with Crippen LogP contribution in [0.5, 0.6) is 0 Å². The third kappa shape index (κ3) is 3.82. The van der Waals surface area contributed by atoms with Crippen molar-refractivity contribution in [1.29, 1.82) is 5.41 Å². The van der Waals surface area contributed by atoms with E-state index in [2.05, 4.69) is 52.8 Å². The van der Waals surface area contributed by atoms with E-state index in [9.17, 15) is 4.79 Å². The number of aromatic nitrogens is 1. The number of amides is 1. The lowest BCUT2D eigenvalue weighted by Crippen LogP contribution is -2.35. The van der Waals surface area contributed by atoms with E-state index < -0.39 is 5.91 Å². The fourth-order valence-electron chi connectivity index (χ4n) is 4.18. The number of hydrogen-bond donors (Lipinski definition) is 1. The van der Waals surface area contributed by atoms with Crippen molar-refractivity contribution in [2.75, 3.05) is 0 Å². The zero-order valence-electron chi connectivity index (χ0n) is 19.5. The topological polar surface area (TPSA) is 73.8 Å². The molecule has 0 spiro atoms. The van der Waals surface area contributed by atoms with Gasteiger partial charge in [0.15, 0.2) is 5.84 Å². The Morgan fingerprint density at radius 3 is 2.41 bits per heavy atom. The molecule has 170 valence electrons. The van der Waals surface area contributed by atoms with Gasteiger partial charge in [0.1, 0.15) is 5.04 Å². The number of rotatable bonds is 4. The zero-order chi connectivity index (χ0) is 24.0. The van der Waals surface area contributed by atoms with Crippen LogP contribution in [0.15, 0.2) is 76.3 Å². The highest BCUT2D eigenvalue weighted by atomic mass is 32.2. The van der Waals surface area contributed by atoms with Crippen LogP contribution in [0.4, 0.5) is 0 Å². The summed E-state index contributed by atoms with van der Waals surface area (Å²) in [6, 6.07) is 20.3. The predicted octanol–water partition coefficient (Wildman–Crippen LogP) is 5.89. The van der Waals surface area contributed by atoms with Gasteiger partial charge in [0.2, 0.25) is 5.17 Å². The number of aryl methyl sites for hydroxylation is 1. The minimum absolute atomic E-state index is 0.0412. The summed E-state index contributed by atoms with van der Waals surface area (Å²) < 4.78 is 2.17. The summed E-state index contributed by atoms with van der Waals surface area (Å²) in [7, 11) is 0. The number of thioether (sulfide) groups is 1. The fourth-order valence-corrected chi connectivity index (χ4v) is 5.08. The van der Waals surface area contributed by atoms with E-state index in [1.165, 1.54) is 22.3 Å². The molecule has 3 aromatic rings. The molecular formula is C27H25N5OS. The van der Waals surface area contributed by atoms with Gasteiger partial charge in [-0.25, -0.2) is 0 Å². The third-order valence-corrected chi connectivity index (χ3v) is 7.02.